The molecule has 4 rings (SSSR count). The van der Waals surface area contributed by atoms with Gasteiger partial charge in [0.05, 0.1) is 10.0 Å². The number of likely N-dealkylation sites (tertiary alicyclic amines) is 1. The zero-order chi connectivity index (χ0) is 22.3. The van der Waals surface area contributed by atoms with Crippen molar-refractivity contribution in [1.29, 1.82) is 0 Å². The number of imide groups is 1. The molecule has 3 amide bonds. The van der Waals surface area contributed by atoms with Gasteiger partial charge in [-0.3, -0.25) is 19.3 Å². The SMILES string of the molecule is O=C1CCC(=O)N1C1CC2CCC(C1)N2C(=O)CCNS(=O)(=O)c1c(Cl)cccc1Cl. The Kier molecular flexibility index (Phi) is 6.31. The lowest BCUT2D eigenvalue weighted by Gasteiger charge is -2.41. The molecule has 31 heavy (non-hydrogen) atoms. The van der Waals surface area contributed by atoms with Gasteiger partial charge in [0.1, 0.15) is 4.90 Å². The topological polar surface area (TPSA) is 104 Å². The third-order valence-corrected chi connectivity index (χ3v) is 8.69. The van der Waals surface area contributed by atoms with Crippen LogP contribution in [0, 0.1) is 0 Å². The standard InChI is InChI=1S/C20H23Cl2N3O5S/c21-15-2-1-3-16(22)20(15)31(29,30)23-9-8-19(28)24-12-4-5-13(24)11-14(10-12)25-17(26)6-7-18(25)27/h1-3,12-14,23H,4-11H2. The second-order valence-corrected chi connectivity index (χ2v) is 10.7. The Morgan fingerprint density at radius 2 is 1.55 bits per heavy atom. The summed E-state index contributed by atoms with van der Waals surface area (Å²) in [5.74, 6) is -0.387. The fraction of sp³-hybridized carbons (Fsp3) is 0.550. The normalized spacial score (nSPS) is 26.1. The van der Waals surface area contributed by atoms with E-state index in [1.807, 2.05) is 4.90 Å². The third kappa shape index (κ3) is 4.33. The van der Waals surface area contributed by atoms with Crippen LogP contribution in [0.15, 0.2) is 23.1 Å². The fourth-order valence-electron chi connectivity index (χ4n) is 5.00. The molecule has 0 aromatic heterocycles. The van der Waals surface area contributed by atoms with E-state index in [9.17, 15) is 22.8 Å². The van der Waals surface area contributed by atoms with Gasteiger partial charge in [-0.1, -0.05) is 29.3 Å². The first kappa shape index (κ1) is 22.5. The number of nitrogens with one attached hydrogen (secondary N) is 1. The molecule has 3 saturated heterocycles. The van der Waals surface area contributed by atoms with Crippen LogP contribution in [-0.4, -0.2) is 60.6 Å². The van der Waals surface area contributed by atoms with E-state index in [-0.39, 0.29) is 76.6 Å². The molecule has 1 aromatic carbocycles. The smallest absolute Gasteiger partial charge is 0.243 e. The molecule has 2 unspecified atom stereocenters. The molecular weight excluding hydrogens is 465 g/mol. The predicted octanol–water partition coefficient (Wildman–Crippen LogP) is 2.33. The first-order valence-electron chi connectivity index (χ1n) is 10.3. The Labute approximate surface area is 190 Å². The van der Waals surface area contributed by atoms with Gasteiger partial charge in [0, 0.05) is 43.9 Å². The van der Waals surface area contributed by atoms with E-state index >= 15 is 0 Å². The van der Waals surface area contributed by atoms with Gasteiger partial charge in [-0.15, -0.1) is 0 Å². The quantitative estimate of drug-likeness (QED) is 0.620. The lowest BCUT2D eigenvalue weighted by molar-refractivity contribution is -0.144. The molecule has 0 radical (unpaired) electrons. The van der Waals surface area contributed by atoms with Crippen molar-refractivity contribution in [2.75, 3.05) is 6.54 Å². The van der Waals surface area contributed by atoms with Gasteiger partial charge in [0.15, 0.2) is 0 Å². The maximum absolute atomic E-state index is 12.9. The van der Waals surface area contributed by atoms with Crippen molar-refractivity contribution in [3.8, 4) is 0 Å². The Bertz CT molecular complexity index is 981. The maximum atomic E-state index is 12.9. The van der Waals surface area contributed by atoms with Crippen molar-refractivity contribution in [3.63, 3.8) is 0 Å². The van der Waals surface area contributed by atoms with Crippen LogP contribution < -0.4 is 4.72 Å². The summed E-state index contributed by atoms with van der Waals surface area (Å²) in [6.07, 6.45) is 3.35. The number of carbonyl (C=O) groups excluding carboxylic acids is 3. The highest BCUT2D eigenvalue weighted by atomic mass is 35.5. The lowest BCUT2D eigenvalue weighted by atomic mass is 9.95. The average molecular weight is 488 g/mol. The number of benzene rings is 1. The molecular formula is C20H23Cl2N3O5S. The Balaban J connectivity index is 1.36. The number of sulfonamides is 1. The number of amides is 3. The summed E-state index contributed by atoms with van der Waals surface area (Å²) >= 11 is 12.0. The van der Waals surface area contributed by atoms with Gasteiger partial charge in [-0.05, 0) is 37.8 Å². The van der Waals surface area contributed by atoms with Gasteiger partial charge in [0.2, 0.25) is 27.7 Å². The van der Waals surface area contributed by atoms with Crippen LogP contribution in [0.1, 0.15) is 44.9 Å². The lowest BCUT2D eigenvalue weighted by Crippen LogP contribution is -2.54. The number of piperidine rings is 1. The molecule has 2 bridgehead atoms. The monoisotopic (exact) mass is 487 g/mol. The minimum Gasteiger partial charge on any atom is -0.337 e. The second-order valence-electron chi connectivity index (χ2n) is 8.17. The van der Waals surface area contributed by atoms with Crippen molar-refractivity contribution in [3.05, 3.63) is 28.2 Å². The molecule has 0 saturated carbocycles. The highest BCUT2D eigenvalue weighted by Crippen LogP contribution is 2.39. The highest BCUT2D eigenvalue weighted by molar-refractivity contribution is 7.89. The number of hydrogen-bond donors (Lipinski definition) is 1. The van der Waals surface area contributed by atoms with E-state index in [4.69, 9.17) is 23.2 Å². The van der Waals surface area contributed by atoms with E-state index < -0.39 is 10.0 Å². The average Bonchev–Trinajstić information content (AvgIpc) is 3.16. The van der Waals surface area contributed by atoms with Gasteiger partial charge < -0.3 is 4.90 Å². The van der Waals surface area contributed by atoms with Crippen LogP contribution >= 0.6 is 23.2 Å². The van der Waals surface area contributed by atoms with Gasteiger partial charge in [-0.2, -0.15) is 0 Å². The van der Waals surface area contributed by atoms with Crippen LogP contribution in [0.25, 0.3) is 0 Å². The van der Waals surface area contributed by atoms with Crippen molar-refractivity contribution >= 4 is 50.9 Å². The Hall–Kier alpha value is -1.68. The molecule has 2 atom stereocenters. The summed E-state index contributed by atoms with van der Waals surface area (Å²) in [5.41, 5.74) is 0. The van der Waals surface area contributed by atoms with Crippen molar-refractivity contribution in [2.24, 2.45) is 0 Å². The third-order valence-electron chi connectivity index (χ3n) is 6.27. The Morgan fingerprint density at radius 1 is 1.00 bits per heavy atom. The van der Waals surface area contributed by atoms with Crippen molar-refractivity contribution < 1.29 is 22.8 Å². The molecule has 1 aromatic rings. The van der Waals surface area contributed by atoms with Crippen LogP contribution in [0.3, 0.4) is 0 Å². The Morgan fingerprint density at radius 3 is 2.10 bits per heavy atom. The molecule has 3 aliphatic heterocycles. The molecule has 8 nitrogen and oxygen atoms in total. The van der Waals surface area contributed by atoms with Gasteiger partial charge in [0.25, 0.3) is 0 Å². The van der Waals surface area contributed by atoms with Gasteiger partial charge in [-0.25, -0.2) is 13.1 Å². The van der Waals surface area contributed by atoms with Crippen molar-refractivity contribution in [2.45, 2.75) is 68.0 Å². The molecule has 3 aliphatic rings. The number of halogens is 2. The van der Waals surface area contributed by atoms with Crippen LogP contribution in [0.4, 0.5) is 0 Å². The second kappa shape index (κ2) is 8.69. The number of rotatable bonds is 6. The van der Waals surface area contributed by atoms with Crippen LogP contribution in [-0.2, 0) is 24.4 Å². The molecule has 1 N–H and O–H groups in total. The fourth-order valence-corrected chi connectivity index (χ4v) is 7.17. The zero-order valence-electron chi connectivity index (χ0n) is 16.7. The van der Waals surface area contributed by atoms with E-state index in [1.165, 1.54) is 17.0 Å². The first-order chi connectivity index (χ1) is 14.7. The van der Waals surface area contributed by atoms with E-state index in [0.717, 1.165) is 12.8 Å². The summed E-state index contributed by atoms with van der Waals surface area (Å²) in [4.78, 5) is 40.0. The predicted molar refractivity (Wildman–Crippen MR) is 114 cm³/mol. The van der Waals surface area contributed by atoms with Gasteiger partial charge >= 0.3 is 0 Å². The molecule has 11 heteroatoms. The van der Waals surface area contributed by atoms with E-state index in [0.29, 0.717) is 12.8 Å². The number of fused-ring (bicyclic) bond motifs is 2. The molecule has 168 valence electrons. The number of nitrogens with zero attached hydrogens (tertiary/aromatic N) is 2. The zero-order valence-corrected chi connectivity index (χ0v) is 19.0. The molecule has 3 heterocycles. The number of hydrogen-bond acceptors (Lipinski definition) is 5. The van der Waals surface area contributed by atoms with Crippen molar-refractivity contribution in [1.82, 2.24) is 14.5 Å². The van der Waals surface area contributed by atoms with Crippen LogP contribution in [0.5, 0.6) is 0 Å². The maximum Gasteiger partial charge on any atom is 0.243 e. The minimum atomic E-state index is -3.96. The van der Waals surface area contributed by atoms with E-state index in [2.05, 4.69) is 4.72 Å². The summed E-state index contributed by atoms with van der Waals surface area (Å²) in [7, 11) is -3.96. The summed E-state index contributed by atoms with van der Waals surface area (Å²) in [6, 6.07) is 4.20. The molecule has 3 fully saturated rings. The highest BCUT2D eigenvalue weighted by Gasteiger charge is 2.47. The molecule has 0 spiro atoms. The summed E-state index contributed by atoms with van der Waals surface area (Å²) in [5, 5.41) is 0.0231. The number of carbonyl (C=O) groups is 3. The molecule has 0 aliphatic carbocycles. The first-order valence-corrected chi connectivity index (χ1v) is 12.5. The largest absolute Gasteiger partial charge is 0.337 e. The minimum absolute atomic E-state index is 0.000539. The summed E-state index contributed by atoms with van der Waals surface area (Å²) < 4.78 is 27.5. The van der Waals surface area contributed by atoms with Crippen LogP contribution in [0.2, 0.25) is 10.0 Å². The summed E-state index contributed by atoms with van der Waals surface area (Å²) in [6.45, 7) is -0.0782. The van der Waals surface area contributed by atoms with E-state index in [1.54, 1.807) is 6.07 Å².